The molecule has 4 atom stereocenters. The third-order valence-electron chi connectivity index (χ3n) is 5.65. The Balaban J connectivity index is 1.31. The van der Waals surface area contributed by atoms with Gasteiger partial charge in [0.25, 0.3) is 11.6 Å². The fourth-order valence-corrected chi connectivity index (χ4v) is 4.51. The van der Waals surface area contributed by atoms with Gasteiger partial charge in [-0.2, -0.15) is 0 Å². The highest BCUT2D eigenvalue weighted by atomic mass is 35.5. The molecule has 2 aliphatic carbocycles. The molecule has 10 nitrogen and oxygen atoms in total. The molecule has 4 rings (SSSR count). The molecule has 2 bridgehead atoms. The summed E-state index contributed by atoms with van der Waals surface area (Å²) in [6, 6.07) is 3.51. The van der Waals surface area contributed by atoms with E-state index < -0.39 is 41.8 Å². The normalized spacial score (nSPS) is 26.1. The average molecular weight is 434 g/mol. The minimum absolute atomic E-state index is 0.00684. The summed E-state index contributed by atoms with van der Waals surface area (Å²) in [5.74, 6) is -3.22. The predicted octanol–water partition coefficient (Wildman–Crippen LogP) is 1.54. The number of imide groups is 1. The highest BCUT2D eigenvalue weighted by Crippen LogP contribution is 2.52. The van der Waals surface area contributed by atoms with E-state index in [1.165, 1.54) is 12.1 Å². The van der Waals surface area contributed by atoms with Crippen molar-refractivity contribution in [3.8, 4) is 0 Å². The van der Waals surface area contributed by atoms with Gasteiger partial charge in [0.05, 0.1) is 27.5 Å². The maximum Gasteiger partial charge on any atom is 0.326 e. The van der Waals surface area contributed by atoms with Gasteiger partial charge in [0.1, 0.15) is 6.54 Å². The number of fused-ring (bicyclic) bond motifs is 5. The van der Waals surface area contributed by atoms with Crippen molar-refractivity contribution in [2.45, 2.75) is 6.42 Å². The number of ether oxygens (including phenoxy) is 1. The molecule has 1 aromatic rings. The summed E-state index contributed by atoms with van der Waals surface area (Å²) in [6.07, 6.45) is 4.68. The van der Waals surface area contributed by atoms with Gasteiger partial charge >= 0.3 is 5.97 Å². The summed E-state index contributed by atoms with van der Waals surface area (Å²) in [4.78, 5) is 60.2. The van der Waals surface area contributed by atoms with E-state index in [4.69, 9.17) is 16.3 Å². The Bertz CT molecular complexity index is 978. The minimum atomic E-state index is -0.905. The van der Waals surface area contributed by atoms with E-state index >= 15 is 0 Å². The number of rotatable bonds is 6. The molecule has 0 unspecified atom stereocenters. The Morgan fingerprint density at radius 1 is 1.20 bits per heavy atom. The number of nitro groups is 1. The zero-order valence-corrected chi connectivity index (χ0v) is 16.2. The van der Waals surface area contributed by atoms with Crippen LogP contribution in [0.5, 0.6) is 0 Å². The molecular weight excluding hydrogens is 418 g/mol. The first-order valence-corrected chi connectivity index (χ1v) is 9.57. The van der Waals surface area contributed by atoms with Crippen LogP contribution in [0.3, 0.4) is 0 Å². The summed E-state index contributed by atoms with van der Waals surface area (Å²) < 4.78 is 4.85. The van der Waals surface area contributed by atoms with Gasteiger partial charge < -0.3 is 10.1 Å². The number of nitrogens with zero attached hydrogens (tertiary/aromatic N) is 2. The molecule has 1 saturated heterocycles. The Morgan fingerprint density at radius 2 is 1.83 bits per heavy atom. The molecule has 156 valence electrons. The zero-order valence-electron chi connectivity index (χ0n) is 15.4. The number of nitro benzene ring substituents is 1. The van der Waals surface area contributed by atoms with Crippen molar-refractivity contribution in [3.05, 3.63) is 45.5 Å². The molecule has 1 aliphatic heterocycles. The van der Waals surface area contributed by atoms with E-state index in [2.05, 4.69) is 5.32 Å². The van der Waals surface area contributed by atoms with Crippen LogP contribution >= 0.6 is 11.6 Å². The van der Waals surface area contributed by atoms with Gasteiger partial charge in [0.15, 0.2) is 6.61 Å². The highest BCUT2D eigenvalue weighted by Gasteiger charge is 2.59. The molecule has 0 spiro atoms. The number of likely N-dealkylation sites (tertiary alicyclic amines) is 1. The lowest BCUT2D eigenvalue weighted by molar-refractivity contribution is -0.384. The number of anilines is 1. The van der Waals surface area contributed by atoms with E-state index in [1.807, 2.05) is 12.2 Å². The number of nitrogens with one attached hydrogen (secondary N) is 1. The topological polar surface area (TPSA) is 136 Å². The number of carbonyl (C=O) groups is 4. The van der Waals surface area contributed by atoms with Crippen LogP contribution in [0.2, 0.25) is 5.02 Å². The maximum atomic E-state index is 12.5. The summed E-state index contributed by atoms with van der Waals surface area (Å²) in [7, 11) is 0. The second-order valence-corrected chi connectivity index (χ2v) is 7.80. The van der Waals surface area contributed by atoms with E-state index in [0.29, 0.717) is 0 Å². The average Bonchev–Trinajstić information content (AvgIpc) is 3.38. The molecule has 30 heavy (non-hydrogen) atoms. The van der Waals surface area contributed by atoms with Crippen LogP contribution < -0.4 is 5.32 Å². The minimum Gasteiger partial charge on any atom is -0.454 e. The SMILES string of the molecule is O=C(COC(=O)CN1C(=O)[C@@H]2[C@@H](C1=O)[C@H]1C=C[C@@H]2C1)Nc1cc([N+](=O)[O-])ccc1Cl. The van der Waals surface area contributed by atoms with Crippen molar-refractivity contribution in [1.82, 2.24) is 4.90 Å². The predicted molar refractivity (Wildman–Crippen MR) is 102 cm³/mol. The third-order valence-corrected chi connectivity index (χ3v) is 5.98. The zero-order chi connectivity index (χ0) is 21.6. The first kappa shape index (κ1) is 20.0. The number of esters is 1. The van der Waals surface area contributed by atoms with Gasteiger partial charge in [0.2, 0.25) is 11.8 Å². The van der Waals surface area contributed by atoms with Crippen LogP contribution in [-0.4, -0.2) is 46.7 Å². The Morgan fingerprint density at radius 3 is 2.43 bits per heavy atom. The van der Waals surface area contributed by atoms with Crippen LogP contribution in [0.25, 0.3) is 0 Å². The number of carbonyl (C=O) groups excluding carboxylic acids is 4. The van der Waals surface area contributed by atoms with Gasteiger partial charge in [0, 0.05) is 12.1 Å². The molecule has 3 amide bonds. The summed E-state index contributed by atoms with van der Waals surface area (Å²) in [5, 5.41) is 13.2. The lowest BCUT2D eigenvalue weighted by atomic mass is 9.85. The van der Waals surface area contributed by atoms with Crippen molar-refractivity contribution in [1.29, 1.82) is 0 Å². The standard InChI is InChI=1S/C19H16ClN3O7/c20-12-4-3-11(23(28)29)6-13(12)21-14(24)8-30-15(25)7-22-18(26)16-9-1-2-10(5-9)17(16)19(22)27/h1-4,6,9-10,16-17H,5,7-8H2,(H,21,24)/t9-,10+,16-,17-/m0/s1. The number of non-ortho nitro benzene ring substituents is 1. The van der Waals surface area contributed by atoms with Gasteiger partial charge in [-0.25, -0.2) is 0 Å². The molecule has 11 heteroatoms. The highest BCUT2D eigenvalue weighted by molar-refractivity contribution is 6.33. The quantitative estimate of drug-likeness (QED) is 0.236. The molecule has 2 fully saturated rings. The van der Waals surface area contributed by atoms with Crippen molar-refractivity contribution < 1.29 is 28.8 Å². The first-order valence-electron chi connectivity index (χ1n) is 9.19. The van der Waals surface area contributed by atoms with Crippen LogP contribution in [0, 0.1) is 33.8 Å². The number of amides is 3. The number of benzene rings is 1. The Hall–Kier alpha value is -3.27. The van der Waals surface area contributed by atoms with Crippen LogP contribution in [0.15, 0.2) is 30.4 Å². The fourth-order valence-electron chi connectivity index (χ4n) is 4.35. The van der Waals surface area contributed by atoms with Gasteiger partial charge in [-0.05, 0) is 24.3 Å². The van der Waals surface area contributed by atoms with Crippen molar-refractivity contribution >= 4 is 46.7 Å². The molecule has 3 aliphatic rings. The second-order valence-electron chi connectivity index (χ2n) is 7.39. The fraction of sp³-hybridized carbons (Fsp3) is 0.368. The van der Waals surface area contributed by atoms with Crippen LogP contribution in [0.4, 0.5) is 11.4 Å². The molecule has 1 N–H and O–H groups in total. The van der Waals surface area contributed by atoms with E-state index in [0.717, 1.165) is 17.4 Å². The smallest absolute Gasteiger partial charge is 0.326 e. The third kappa shape index (κ3) is 3.43. The summed E-state index contributed by atoms with van der Waals surface area (Å²) >= 11 is 5.90. The summed E-state index contributed by atoms with van der Waals surface area (Å²) in [6.45, 7) is -1.26. The molecule has 1 heterocycles. The largest absolute Gasteiger partial charge is 0.454 e. The maximum absolute atomic E-state index is 12.5. The van der Waals surface area contributed by atoms with Crippen LogP contribution in [-0.2, 0) is 23.9 Å². The molecule has 1 aromatic carbocycles. The number of hydrogen-bond acceptors (Lipinski definition) is 7. The van der Waals surface area contributed by atoms with Gasteiger partial charge in [-0.3, -0.25) is 34.2 Å². The van der Waals surface area contributed by atoms with Crippen molar-refractivity contribution in [2.24, 2.45) is 23.7 Å². The molecule has 1 saturated carbocycles. The van der Waals surface area contributed by atoms with Gasteiger partial charge in [-0.15, -0.1) is 0 Å². The summed E-state index contributed by atoms with van der Waals surface area (Å²) in [5.41, 5.74) is -0.278. The number of allylic oxidation sites excluding steroid dienone is 2. The van der Waals surface area contributed by atoms with E-state index in [1.54, 1.807) is 0 Å². The number of halogens is 1. The lowest BCUT2D eigenvalue weighted by Crippen LogP contribution is -2.38. The molecule has 0 aromatic heterocycles. The monoisotopic (exact) mass is 433 g/mol. The Labute approximate surface area is 174 Å². The van der Waals surface area contributed by atoms with Crippen molar-refractivity contribution in [3.63, 3.8) is 0 Å². The van der Waals surface area contributed by atoms with E-state index in [9.17, 15) is 29.3 Å². The lowest BCUT2D eigenvalue weighted by Gasteiger charge is -2.16. The molecular formula is C19H16ClN3O7. The van der Waals surface area contributed by atoms with Gasteiger partial charge in [-0.1, -0.05) is 23.8 Å². The Kier molecular flexibility index (Phi) is 5.02. The van der Waals surface area contributed by atoms with Crippen LogP contribution in [0.1, 0.15) is 6.42 Å². The number of hydrogen-bond donors (Lipinski definition) is 1. The molecule has 0 radical (unpaired) electrons. The van der Waals surface area contributed by atoms with E-state index in [-0.39, 0.29) is 40.0 Å². The van der Waals surface area contributed by atoms with Crippen molar-refractivity contribution in [2.75, 3.05) is 18.5 Å². The second kappa shape index (κ2) is 7.52. The first-order chi connectivity index (χ1) is 14.3.